The number of amides is 1. The molecule has 5 N–H and O–H groups in total. The molecule has 2 aromatic rings. The zero-order chi connectivity index (χ0) is 35.3. The molecular formula is C35H50N4O6S3. The summed E-state index contributed by atoms with van der Waals surface area (Å²) in [4.78, 5) is 13.3. The van der Waals surface area contributed by atoms with Crippen LogP contribution in [-0.4, -0.2) is 63.9 Å². The zero-order valence-corrected chi connectivity index (χ0v) is 30.6. The Bertz CT molecular complexity index is 1650. The van der Waals surface area contributed by atoms with E-state index in [9.17, 15) is 26.7 Å². The lowest BCUT2D eigenvalue weighted by Crippen LogP contribution is -2.53. The van der Waals surface area contributed by atoms with E-state index in [1.165, 1.54) is 16.4 Å². The molecule has 0 fully saturated rings. The number of carbonyl (C=O) groups excluding carboxylic acids is 1. The van der Waals surface area contributed by atoms with Crippen molar-refractivity contribution in [1.29, 1.82) is 0 Å². The van der Waals surface area contributed by atoms with Gasteiger partial charge in [-0.15, -0.1) is 11.3 Å². The Labute approximate surface area is 290 Å². The molecule has 1 heterocycles. The monoisotopic (exact) mass is 718 g/mol. The van der Waals surface area contributed by atoms with E-state index in [1.807, 2.05) is 39.0 Å². The summed E-state index contributed by atoms with van der Waals surface area (Å²) in [6.45, 7) is 8.22. The lowest BCUT2D eigenvalue weighted by molar-refractivity contribution is -0.123. The number of carbonyl (C=O) groups is 1. The maximum absolute atomic E-state index is 13.1. The minimum absolute atomic E-state index is 0.0393. The highest BCUT2D eigenvalue weighted by molar-refractivity contribution is 7.91. The van der Waals surface area contributed by atoms with Crippen molar-refractivity contribution in [2.45, 2.75) is 74.6 Å². The number of aliphatic hydroxyl groups is 1. The van der Waals surface area contributed by atoms with E-state index >= 15 is 0 Å². The normalized spacial score (nSPS) is 18.1. The number of aliphatic hydroxyl groups excluding tert-OH is 1. The average Bonchev–Trinajstić information content (AvgIpc) is 3.63. The van der Waals surface area contributed by atoms with Crippen LogP contribution < -0.4 is 15.8 Å². The molecule has 10 nitrogen and oxygen atoms in total. The van der Waals surface area contributed by atoms with Crippen molar-refractivity contribution in [2.24, 2.45) is 17.8 Å². The van der Waals surface area contributed by atoms with Crippen molar-refractivity contribution in [3.05, 3.63) is 89.9 Å². The molecule has 4 atom stereocenters. The molecule has 2 unspecified atom stereocenters. The number of hydrogen-bond donors (Lipinski definition) is 4. The minimum Gasteiger partial charge on any atom is -0.399 e. The zero-order valence-electron chi connectivity index (χ0n) is 28.2. The van der Waals surface area contributed by atoms with Gasteiger partial charge in [0.2, 0.25) is 15.9 Å². The number of anilines is 1. The van der Waals surface area contributed by atoms with Crippen molar-refractivity contribution in [3.8, 4) is 0 Å². The van der Waals surface area contributed by atoms with Gasteiger partial charge in [-0.25, -0.2) is 16.8 Å². The summed E-state index contributed by atoms with van der Waals surface area (Å²) in [5.41, 5.74) is 7.10. The number of thiophene rings is 1. The van der Waals surface area contributed by atoms with Gasteiger partial charge in [0.25, 0.3) is 10.0 Å². The predicted molar refractivity (Wildman–Crippen MR) is 194 cm³/mol. The highest BCUT2D eigenvalue weighted by Gasteiger charge is 2.38. The Morgan fingerprint density at radius 2 is 1.79 bits per heavy atom. The first-order valence-corrected chi connectivity index (χ1v) is 20.1. The molecule has 0 radical (unpaired) electrons. The summed E-state index contributed by atoms with van der Waals surface area (Å²) in [7, 11) is -7.40. The Morgan fingerprint density at radius 1 is 1.06 bits per heavy atom. The number of sulfonamides is 2. The van der Waals surface area contributed by atoms with Crippen LogP contribution >= 0.6 is 11.3 Å². The fourth-order valence-corrected chi connectivity index (χ4v) is 9.48. The van der Waals surface area contributed by atoms with E-state index in [4.69, 9.17) is 5.73 Å². The molecule has 13 heteroatoms. The van der Waals surface area contributed by atoms with Crippen LogP contribution in [0.15, 0.2) is 99.0 Å². The maximum Gasteiger partial charge on any atom is 0.250 e. The van der Waals surface area contributed by atoms with Gasteiger partial charge in [-0.1, -0.05) is 69.4 Å². The molecule has 0 spiro atoms. The van der Waals surface area contributed by atoms with E-state index in [2.05, 4.69) is 34.3 Å². The summed E-state index contributed by atoms with van der Waals surface area (Å²) in [6, 6.07) is 8.02. The summed E-state index contributed by atoms with van der Waals surface area (Å²) in [5, 5.41) is 13.9. The molecule has 0 aliphatic heterocycles. The van der Waals surface area contributed by atoms with E-state index in [0.29, 0.717) is 18.8 Å². The average molecular weight is 719 g/mol. The predicted octanol–water partition coefficient (Wildman–Crippen LogP) is 5.24. The molecule has 0 saturated heterocycles. The first-order valence-electron chi connectivity index (χ1n) is 16.3. The third-order valence-electron chi connectivity index (χ3n) is 7.90. The molecule has 48 heavy (non-hydrogen) atoms. The number of nitrogens with one attached hydrogen (secondary N) is 2. The van der Waals surface area contributed by atoms with Gasteiger partial charge >= 0.3 is 0 Å². The fraction of sp³-hybridized carbons (Fsp3) is 0.457. The van der Waals surface area contributed by atoms with Gasteiger partial charge in [-0.05, 0) is 85.7 Å². The van der Waals surface area contributed by atoms with Crippen LogP contribution in [0.4, 0.5) is 5.69 Å². The van der Waals surface area contributed by atoms with Crippen LogP contribution in [-0.2, 0) is 24.8 Å². The summed E-state index contributed by atoms with van der Waals surface area (Å²) < 4.78 is 55.4. The lowest BCUT2D eigenvalue weighted by atomic mass is 9.76. The van der Waals surface area contributed by atoms with Crippen molar-refractivity contribution < 1.29 is 26.7 Å². The second kappa shape index (κ2) is 18.6. The topological polar surface area (TPSA) is 159 Å². The van der Waals surface area contributed by atoms with Crippen molar-refractivity contribution in [1.82, 2.24) is 14.3 Å². The van der Waals surface area contributed by atoms with E-state index in [1.54, 1.807) is 36.6 Å². The Kier molecular flexibility index (Phi) is 15.3. The van der Waals surface area contributed by atoms with Crippen molar-refractivity contribution in [3.63, 3.8) is 0 Å². The lowest BCUT2D eigenvalue weighted by Gasteiger charge is -2.34. The molecule has 0 saturated carbocycles. The first kappa shape index (κ1) is 39.4. The van der Waals surface area contributed by atoms with Gasteiger partial charge in [0, 0.05) is 30.7 Å². The van der Waals surface area contributed by atoms with Gasteiger partial charge in [0.1, 0.15) is 10.3 Å². The van der Waals surface area contributed by atoms with E-state index in [-0.39, 0.29) is 39.4 Å². The molecule has 264 valence electrons. The summed E-state index contributed by atoms with van der Waals surface area (Å²) in [5.74, 6) is -0.339. The molecule has 1 aromatic carbocycles. The number of nitrogen functional groups attached to an aromatic ring is 1. The Hall–Kier alpha value is -3.07. The van der Waals surface area contributed by atoms with E-state index < -0.39 is 32.1 Å². The SMILES string of the molecule is CC(C)CN([C@@H](C)CO)S(=O)(=O)c1ccc(N)cc1.CCCNC(=O)[C@@H](NS(=O)(=O)c1cccs1)C(C1=CCCC=C1)C1C=CC=CC1. The third kappa shape index (κ3) is 11.0. The van der Waals surface area contributed by atoms with Gasteiger partial charge in [-0.2, -0.15) is 9.03 Å². The number of nitrogens with zero attached hydrogens (tertiary/aromatic N) is 1. The second-order valence-electron chi connectivity index (χ2n) is 12.3. The number of rotatable bonds is 15. The van der Waals surface area contributed by atoms with Crippen LogP contribution in [0.1, 0.15) is 53.4 Å². The van der Waals surface area contributed by atoms with Crippen molar-refractivity contribution in [2.75, 3.05) is 25.4 Å². The first-order chi connectivity index (χ1) is 22.8. The fourth-order valence-electron chi connectivity index (χ4n) is 5.46. The van der Waals surface area contributed by atoms with Gasteiger partial charge in [-0.3, -0.25) is 4.79 Å². The van der Waals surface area contributed by atoms with Crippen molar-refractivity contribution >= 4 is 43.0 Å². The molecule has 4 rings (SSSR count). The molecule has 2 aliphatic rings. The van der Waals surface area contributed by atoms with Crippen LogP contribution in [0.3, 0.4) is 0 Å². The standard InChI is InChI=1S/C22H28N2O3S2.C13H22N2O3S/c1-2-15-23-22(25)21(24-29(26,27)19-14-9-16-28-19)20(17-10-5-3-6-11-17)18-12-7-4-8-13-18;1-10(2)8-15(11(3)9-16)19(17,18)13-6-4-12(14)5-7-13/h3,5-7,9-10,12-14,16-17,20-21,24H,2,4,8,11,15H2,1H3,(H,23,25);4-7,10-11,16H,8-9,14H2,1-3H3/t17?,20?,21-;11-/m00/s1. The van der Waals surface area contributed by atoms with Crippen LogP contribution in [0.2, 0.25) is 0 Å². The van der Waals surface area contributed by atoms with Gasteiger partial charge in [0.15, 0.2) is 0 Å². The third-order valence-corrected chi connectivity index (χ3v) is 12.7. The molecular weight excluding hydrogens is 669 g/mol. The number of allylic oxidation sites excluding steroid dienone is 7. The Morgan fingerprint density at radius 3 is 2.33 bits per heavy atom. The van der Waals surface area contributed by atoms with Crippen LogP contribution in [0.25, 0.3) is 0 Å². The largest absolute Gasteiger partial charge is 0.399 e. The molecule has 2 aliphatic carbocycles. The highest BCUT2D eigenvalue weighted by Crippen LogP contribution is 2.34. The Balaban J connectivity index is 0.000000286. The van der Waals surface area contributed by atoms with Gasteiger partial charge in [0.05, 0.1) is 11.5 Å². The summed E-state index contributed by atoms with van der Waals surface area (Å²) in [6.07, 6.45) is 17.8. The molecule has 0 bridgehead atoms. The molecule has 1 aromatic heterocycles. The summed E-state index contributed by atoms with van der Waals surface area (Å²) >= 11 is 1.15. The number of hydrogen-bond acceptors (Lipinski definition) is 8. The van der Waals surface area contributed by atoms with E-state index in [0.717, 1.165) is 42.6 Å². The second-order valence-corrected chi connectivity index (χ2v) is 17.1. The quantitative estimate of drug-likeness (QED) is 0.183. The van der Waals surface area contributed by atoms with Gasteiger partial charge < -0.3 is 16.2 Å². The van der Waals surface area contributed by atoms with Crippen LogP contribution in [0, 0.1) is 17.8 Å². The smallest absolute Gasteiger partial charge is 0.250 e. The van der Waals surface area contributed by atoms with Crippen LogP contribution in [0.5, 0.6) is 0 Å². The maximum atomic E-state index is 13.1. The molecule has 1 amide bonds. The minimum atomic E-state index is -3.79. The number of nitrogens with two attached hydrogens (primary N) is 1. The highest BCUT2D eigenvalue weighted by atomic mass is 32.2. The number of benzene rings is 1.